The minimum atomic E-state index is -3.07. The lowest BCUT2D eigenvalue weighted by Crippen LogP contribution is -2.39. The van der Waals surface area contributed by atoms with Crippen LogP contribution in [-0.4, -0.2) is 48.3 Å². The zero-order valence-corrected chi connectivity index (χ0v) is 10.8. The highest BCUT2D eigenvalue weighted by molar-refractivity contribution is 7.91. The van der Waals surface area contributed by atoms with Crippen molar-refractivity contribution in [2.75, 3.05) is 18.1 Å². The lowest BCUT2D eigenvalue weighted by molar-refractivity contribution is 0.0701. The molecule has 1 saturated heterocycles. The van der Waals surface area contributed by atoms with E-state index < -0.39 is 15.7 Å². The number of sulfone groups is 1. The molecule has 100 valence electrons. The fraction of sp³-hybridized carbons (Fsp3) is 0.545. The number of nitrogens with zero attached hydrogens (tertiary/aromatic N) is 1. The number of amides is 1. The molecule has 0 aliphatic carbocycles. The van der Waals surface area contributed by atoms with E-state index in [1.807, 2.05) is 0 Å². The van der Waals surface area contributed by atoms with Gasteiger partial charge in [0.15, 0.2) is 9.84 Å². The van der Waals surface area contributed by atoms with Gasteiger partial charge in [0.25, 0.3) is 5.91 Å². The highest BCUT2D eigenvalue weighted by atomic mass is 32.2. The van der Waals surface area contributed by atoms with Gasteiger partial charge < -0.3 is 9.88 Å². The number of carbonyl (C=O) groups excluding carboxylic acids is 1. The number of nitrogens with one attached hydrogen (secondary N) is 1. The minimum absolute atomic E-state index is 0.0354. The lowest BCUT2D eigenvalue weighted by Gasteiger charge is -2.25. The molecule has 2 rings (SSSR count). The summed E-state index contributed by atoms with van der Waals surface area (Å²) in [6, 6.07) is 0.954. The van der Waals surface area contributed by atoms with Crippen molar-refractivity contribution < 1.29 is 17.6 Å². The number of carbonyl (C=O) groups is 1. The molecule has 0 aromatic carbocycles. The fourth-order valence-electron chi connectivity index (χ4n) is 2.01. The Hall–Kier alpha value is -1.37. The van der Waals surface area contributed by atoms with Crippen LogP contribution in [0.4, 0.5) is 4.39 Å². The molecule has 1 atom stereocenters. The molecule has 1 aromatic heterocycles. The number of halogens is 1. The quantitative estimate of drug-likeness (QED) is 0.823. The molecule has 1 aliphatic heterocycles. The van der Waals surface area contributed by atoms with E-state index in [-0.39, 0.29) is 35.7 Å². The molecule has 1 unspecified atom stereocenters. The summed E-state index contributed by atoms with van der Waals surface area (Å²) < 4.78 is 35.9. The molecule has 0 saturated carbocycles. The molecule has 1 aromatic rings. The summed E-state index contributed by atoms with van der Waals surface area (Å²) in [5.74, 6) is -0.805. The van der Waals surface area contributed by atoms with Crippen LogP contribution in [0.1, 0.15) is 23.8 Å². The number of rotatable bonds is 1. The summed E-state index contributed by atoms with van der Waals surface area (Å²) in [5.41, 5.74) is 0.152. The molecule has 1 N–H and O–H groups in total. The van der Waals surface area contributed by atoms with Gasteiger partial charge in [-0.2, -0.15) is 0 Å². The van der Waals surface area contributed by atoms with Gasteiger partial charge >= 0.3 is 0 Å². The highest BCUT2D eigenvalue weighted by Crippen LogP contribution is 2.15. The molecule has 7 heteroatoms. The lowest BCUT2D eigenvalue weighted by atomic mass is 10.2. The molecule has 1 amide bonds. The molecule has 0 spiro atoms. The van der Waals surface area contributed by atoms with Crippen LogP contribution in [0.25, 0.3) is 0 Å². The second kappa shape index (κ2) is 4.72. The van der Waals surface area contributed by atoms with Crippen molar-refractivity contribution in [1.82, 2.24) is 9.88 Å². The van der Waals surface area contributed by atoms with Crippen LogP contribution in [0.15, 0.2) is 12.3 Å². The fourth-order valence-corrected chi connectivity index (χ4v) is 3.39. The van der Waals surface area contributed by atoms with Gasteiger partial charge in [-0.1, -0.05) is 0 Å². The maximum absolute atomic E-state index is 12.9. The Kier molecular flexibility index (Phi) is 3.43. The first-order valence-electron chi connectivity index (χ1n) is 5.74. The van der Waals surface area contributed by atoms with Crippen LogP contribution in [0, 0.1) is 5.82 Å². The van der Waals surface area contributed by atoms with E-state index in [1.54, 1.807) is 6.92 Å². The SMILES string of the molecule is CC1CCS(=O)(=O)CCN1C(=O)c1cc(F)c[nH]1. The Balaban J connectivity index is 2.19. The van der Waals surface area contributed by atoms with E-state index in [0.717, 1.165) is 12.3 Å². The van der Waals surface area contributed by atoms with E-state index >= 15 is 0 Å². The van der Waals surface area contributed by atoms with Crippen LogP contribution in [0.3, 0.4) is 0 Å². The van der Waals surface area contributed by atoms with E-state index in [1.165, 1.54) is 4.90 Å². The van der Waals surface area contributed by atoms with Crippen molar-refractivity contribution in [1.29, 1.82) is 0 Å². The van der Waals surface area contributed by atoms with Crippen molar-refractivity contribution in [3.05, 3.63) is 23.8 Å². The smallest absolute Gasteiger partial charge is 0.270 e. The van der Waals surface area contributed by atoms with Gasteiger partial charge in [0, 0.05) is 24.8 Å². The predicted molar refractivity (Wildman–Crippen MR) is 64.5 cm³/mol. The second-order valence-electron chi connectivity index (χ2n) is 4.52. The number of hydrogen-bond acceptors (Lipinski definition) is 3. The number of H-pyrrole nitrogens is 1. The van der Waals surface area contributed by atoms with Gasteiger partial charge in [-0.15, -0.1) is 0 Å². The van der Waals surface area contributed by atoms with Crippen LogP contribution in [-0.2, 0) is 9.84 Å². The van der Waals surface area contributed by atoms with Crippen molar-refractivity contribution in [2.45, 2.75) is 19.4 Å². The molecule has 1 fully saturated rings. The van der Waals surface area contributed by atoms with Crippen LogP contribution < -0.4 is 0 Å². The summed E-state index contributed by atoms with van der Waals surface area (Å²) in [7, 11) is -3.07. The third-order valence-corrected chi connectivity index (χ3v) is 4.82. The van der Waals surface area contributed by atoms with Gasteiger partial charge in [0.2, 0.25) is 0 Å². The Labute approximate surface area is 105 Å². The van der Waals surface area contributed by atoms with Crippen LogP contribution >= 0.6 is 0 Å². The maximum atomic E-state index is 12.9. The van der Waals surface area contributed by atoms with E-state index in [9.17, 15) is 17.6 Å². The summed E-state index contributed by atoms with van der Waals surface area (Å²) >= 11 is 0. The Morgan fingerprint density at radius 1 is 1.50 bits per heavy atom. The molecule has 2 heterocycles. The van der Waals surface area contributed by atoms with E-state index in [4.69, 9.17) is 0 Å². The first kappa shape index (κ1) is 13.1. The summed E-state index contributed by atoms with van der Waals surface area (Å²) in [4.78, 5) is 16.2. The Morgan fingerprint density at radius 2 is 2.22 bits per heavy atom. The van der Waals surface area contributed by atoms with Gasteiger partial charge in [-0.25, -0.2) is 12.8 Å². The van der Waals surface area contributed by atoms with Gasteiger partial charge in [0.05, 0.1) is 11.5 Å². The van der Waals surface area contributed by atoms with Crippen LogP contribution in [0.2, 0.25) is 0 Å². The molecule has 1 aliphatic rings. The van der Waals surface area contributed by atoms with Gasteiger partial charge in [-0.3, -0.25) is 4.79 Å². The standard InChI is InChI=1S/C11H15FN2O3S/c1-8-2-4-18(16,17)5-3-14(8)11(15)10-6-9(12)7-13-10/h6-8,13H,2-5H2,1H3. The third kappa shape index (κ3) is 2.72. The van der Waals surface area contributed by atoms with Gasteiger partial charge in [-0.05, 0) is 13.3 Å². The normalized spacial score (nSPS) is 23.7. The first-order chi connectivity index (χ1) is 8.39. The minimum Gasteiger partial charge on any atom is -0.355 e. The van der Waals surface area contributed by atoms with Gasteiger partial charge in [0.1, 0.15) is 11.5 Å². The van der Waals surface area contributed by atoms with E-state index in [2.05, 4.69) is 4.98 Å². The van der Waals surface area contributed by atoms with E-state index in [0.29, 0.717) is 6.42 Å². The molecule has 18 heavy (non-hydrogen) atoms. The average molecular weight is 274 g/mol. The molecule has 5 nitrogen and oxygen atoms in total. The third-order valence-electron chi connectivity index (χ3n) is 3.16. The molecule has 0 radical (unpaired) electrons. The van der Waals surface area contributed by atoms with Crippen LogP contribution in [0.5, 0.6) is 0 Å². The highest BCUT2D eigenvalue weighted by Gasteiger charge is 2.28. The summed E-state index contributed by atoms with van der Waals surface area (Å²) in [6.45, 7) is 1.96. The van der Waals surface area contributed by atoms with Crippen molar-refractivity contribution in [3.63, 3.8) is 0 Å². The first-order valence-corrected chi connectivity index (χ1v) is 7.56. The number of aromatic nitrogens is 1. The number of aromatic amines is 1. The predicted octanol–water partition coefficient (Wildman–Crippen LogP) is 0.803. The Bertz CT molecular complexity index is 552. The average Bonchev–Trinajstić information content (AvgIpc) is 2.67. The monoisotopic (exact) mass is 274 g/mol. The zero-order valence-electron chi connectivity index (χ0n) is 10.0. The molecular formula is C11H15FN2O3S. The maximum Gasteiger partial charge on any atom is 0.270 e. The summed E-state index contributed by atoms with van der Waals surface area (Å²) in [5, 5.41) is 0. The zero-order chi connectivity index (χ0) is 13.3. The molecular weight excluding hydrogens is 259 g/mol. The Morgan fingerprint density at radius 3 is 2.83 bits per heavy atom. The topological polar surface area (TPSA) is 70.2 Å². The largest absolute Gasteiger partial charge is 0.355 e. The molecule has 0 bridgehead atoms. The van der Waals surface area contributed by atoms with Crippen molar-refractivity contribution in [2.24, 2.45) is 0 Å². The number of hydrogen-bond donors (Lipinski definition) is 1. The summed E-state index contributed by atoms with van der Waals surface area (Å²) in [6.07, 6.45) is 1.52. The van der Waals surface area contributed by atoms with Crippen molar-refractivity contribution in [3.8, 4) is 0 Å². The van der Waals surface area contributed by atoms with Crippen molar-refractivity contribution >= 4 is 15.7 Å². The second-order valence-corrected chi connectivity index (χ2v) is 6.82.